The van der Waals surface area contributed by atoms with Gasteiger partial charge in [-0.1, -0.05) is 30.3 Å². The van der Waals surface area contributed by atoms with Crippen LogP contribution in [0.2, 0.25) is 0 Å². The van der Waals surface area contributed by atoms with Crippen LogP contribution >= 0.6 is 0 Å². The summed E-state index contributed by atoms with van der Waals surface area (Å²) in [5, 5.41) is 3.53. The zero-order chi connectivity index (χ0) is 14.1. The Balaban J connectivity index is 2.15. The van der Waals surface area contributed by atoms with E-state index in [9.17, 15) is 0 Å². The van der Waals surface area contributed by atoms with Crippen LogP contribution in [0.25, 0.3) is 0 Å². The number of benzene rings is 2. The maximum absolute atomic E-state index is 5.65. The molecule has 0 fully saturated rings. The van der Waals surface area contributed by atoms with Crippen molar-refractivity contribution >= 4 is 0 Å². The summed E-state index contributed by atoms with van der Waals surface area (Å²) in [4.78, 5) is 0. The van der Waals surface area contributed by atoms with E-state index in [4.69, 9.17) is 4.74 Å². The molecule has 0 spiro atoms. The first-order valence-corrected chi connectivity index (χ1v) is 7.14. The number of rotatable bonds is 2. The molecular weight excluding hydrogens is 246 g/mol. The van der Waals surface area contributed by atoms with Crippen molar-refractivity contribution in [1.29, 1.82) is 0 Å². The van der Waals surface area contributed by atoms with Crippen LogP contribution in [-0.2, 0) is 6.54 Å². The maximum Gasteiger partial charge on any atom is 0.123 e. The quantitative estimate of drug-likeness (QED) is 0.898. The molecule has 0 aliphatic carbocycles. The second-order valence-electron chi connectivity index (χ2n) is 5.58. The van der Waals surface area contributed by atoms with Crippen molar-refractivity contribution in [2.45, 2.75) is 26.3 Å². The van der Waals surface area contributed by atoms with E-state index in [0.29, 0.717) is 5.92 Å². The third-order valence-electron chi connectivity index (χ3n) is 4.16. The zero-order valence-corrected chi connectivity index (χ0v) is 12.4. The van der Waals surface area contributed by atoms with Crippen LogP contribution in [0.1, 0.15) is 33.7 Å². The smallest absolute Gasteiger partial charge is 0.123 e. The first-order chi connectivity index (χ1) is 9.70. The summed E-state index contributed by atoms with van der Waals surface area (Å²) < 4.78 is 5.65. The van der Waals surface area contributed by atoms with Gasteiger partial charge in [0.05, 0.1) is 7.11 Å². The fraction of sp³-hybridized carbons (Fsp3) is 0.333. The van der Waals surface area contributed by atoms with Gasteiger partial charge in [0, 0.05) is 24.6 Å². The number of ether oxygens (including phenoxy) is 1. The SMILES string of the molecule is COc1cc(C)cc(C)c1C1CNCc2ccccc21. The molecule has 3 rings (SSSR count). The van der Waals surface area contributed by atoms with Gasteiger partial charge < -0.3 is 10.1 Å². The summed E-state index contributed by atoms with van der Waals surface area (Å²) in [6.07, 6.45) is 0. The van der Waals surface area contributed by atoms with Crippen LogP contribution in [0.15, 0.2) is 36.4 Å². The minimum atomic E-state index is 0.371. The minimum Gasteiger partial charge on any atom is -0.496 e. The lowest BCUT2D eigenvalue weighted by Gasteiger charge is -2.29. The number of hydrogen-bond acceptors (Lipinski definition) is 2. The summed E-state index contributed by atoms with van der Waals surface area (Å²) >= 11 is 0. The number of fused-ring (bicyclic) bond motifs is 1. The lowest BCUT2D eigenvalue weighted by Crippen LogP contribution is -2.29. The van der Waals surface area contributed by atoms with E-state index < -0.39 is 0 Å². The van der Waals surface area contributed by atoms with E-state index in [1.54, 1.807) is 7.11 Å². The largest absolute Gasteiger partial charge is 0.496 e. The Labute approximate surface area is 120 Å². The summed E-state index contributed by atoms with van der Waals surface area (Å²) in [6, 6.07) is 13.1. The van der Waals surface area contributed by atoms with Gasteiger partial charge in [0.2, 0.25) is 0 Å². The number of aryl methyl sites for hydroxylation is 2. The van der Waals surface area contributed by atoms with E-state index >= 15 is 0 Å². The first kappa shape index (κ1) is 13.2. The Kier molecular flexibility index (Phi) is 3.49. The van der Waals surface area contributed by atoms with E-state index in [2.05, 4.69) is 55.6 Å². The van der Waals surface area contributed by atoms with Crippen LogP contribution in [0.4, 0.5) is 0 Å². The zero-order valence-electron chi connectivity index (χ0n) is 12.4. The van der Waals surface area contributed by atoms with Crippen molar-refractivity contribution in [2.24, 2.45) is 0 Å². The van der Waals surface area contributed by atoms with Crippen molar-refractivity contribution in [3.63, 3.8) is 0 Å². The van der Waals surface area contributed by atoms with Gasteiger partial charge in [-0.05, 0) is 42.2 Å². The third kappa shape index (κ3) is 2.20. The summed E-state index contributed by atoms with van der Waals surface area (Å²) in [6.45, 7) is 6.23. The van der Waals surface area contributed by atoms with Crippen LogP contribution in [-0.4, -0.2) is 13.7 Å². The van der Waals surface area contributed by atoms with Crippen LogP contribution in [0, 0.1) is 13.8 Å². The van der Waals surface area contributed by atoms with Gasteiger partial charge in [-0.25, -0.2) is 0 Å². The highest BCUT2D eigenvalue weighted by Crippen LogP contribution is 2.37. The summed E-state index contributed by atoms with van der Waals surface area (Å²) in [7, 11) is 1.76. The molecule has 0 saturated carbocycles. The second kappa shape index (κ2) is 5.29. The number of methoxy groups -OCH3 is 1. The molecule has 2 heteroatoms. The highest BCUT2D eigenvalue weighted by atomic mass is 16.5. The predicted octanol–water partition coefficient (Wildman–Crippen LogP) is 3.55. The fourth-order valence-corrected chi connectivity index (χ4v) is 3.31. The van der Waals surface area contributed by atoms with Crippen molar-refractivity contribution in [2.75, 3.05) is 13.7 Å². The van der Waals surface area contributed by atoms with Gasteiger partial charge >= 0.3 is 0 Å². The van der Waals surface area contributed by atoms with Gasteiger partial charge in [-0.2, -0.15) is 0 Å². The standard InChI is InChI=1S/C18H21NO/c1-12-8-13(2)18(17(9-12)20-3)16-11-19-10-14-6-4-5-7-15(14)16/h4-9,16,19H,10-11H2,1-3H3. The summed E-state index contributed by atoms with van der Waals surface area (Å²) in [5.41, 5.74) is 6.70. The topological polar surface area (TPSA) is 21.3 Å². The van der Waals surface area contributed by atoms with Crippen LogP contribution in [0.3, 0.4) is 0 Å². The minimum absolute atomic E-state index is 0.371. The second-order valence-corrected chi connectivity index (χ2v) is 5.58. The van der Waals surface area contributed by atoms with Gasteiger partial charge in [-0.3, -0.25) is 0 Å². The molecule has 2 aromatic rings. The molecule has 2 nitrogen and oxygen atoms in total. The Morgan fingerprint density at radius 1 is 1.15 bits per heavy atom. The van der Waals surface area contributed by atoms with Gasteiger partial charge in [0.1, 0.15) is 5.75 Å². The van der Waals surface area contributed by atoms with Gasteiger partial charge in [-0.15, -0.1) is 0 Å². The Bertz CT molecular complexity index is 633. The molecule has 20 heavy (non-hydrogen) atoms. The van der Waals surface area contributed by atoms with Gasteiger partial charge in [0.25, 0.3) is 0 Å². The lowest BCUT2D eigenvalue weighted by atomic mass is 9.82. The molecule has 0 aromatic heterocycles. The highest BCUT2D eigenvalue weighted by Gasteiger charge is 2.25. The van der Waals surface area contributed by atoms with Crippen LogP contribution < -0.4 is 10.1 Å². The van der Waals surface area contributed by atoms with E-state index in [-0.39, 0.29) is 0 Å². The predicted molar refractivity (Wildman–Crippen MR) is 82.5 cm³/mol. The molecular formula is C18H21NO. The molecule has 0 amide bonds. The van der Waals surface area contributed by atoms with E-state index in [0.717, 1.165) is 18.8 Å². The Morgan fingerprint density at radius 2 is 1.95 bits per heavy atom. The molecule has 1 heterocycles. The first-order valence-electron chi connectivity index (χ1n) is 7.14. The third-order valence-corrected chi connectivity index (χ3v) is 4.16. The summed E-state index contributed by atoms with van der Waals surface area (Å²) in [5.74, 6) is 1.38. The average molecular weight is 267 g/mol. The molecule has 1 aliphatic heterocycles. The van der Waals surface area contributed by atoms with E-state index in [1.165, 1.54) is 27.8 Å². The molecule has 1 aliphatic rings. The van der Waals surface area contributed by atoms with E-state index in [1.807, 2.05) is 0 Å². The Morgan fingerprint density at radius 3 is 2.75 bits per heavy atom. The van der Waals surface area contributed by atoms with Crippen molar-refractivity contribution in [3.8, 4) is 5.75 Å². The molecule has 104 valence electrons. The fourth-order valence-electron chi connectivity index (χ4n) is 3.31. The van der Waals surface area contributed by atoms with Crippen molar-refractivity contribution in [3.05, 3.63) is 64.2 Å². The molecule has 0 saturated heterocycles. The highest BCUT2D eigenvalue weighted by molar-refractivity contribution is 5.51. The van der Waals surface area contributed by atoms with Crippen LogP contribution in [0.5, 0.6) is 5.75 Å². The lowest BCUT2D eigenvalue weighted by molar-refractivity contribution is 0.404. The van der Waals surface area contributed by atoms with Gasteiger partial charge in [0.15, 0.2) is 0 Å². The molecule has 0 radical (unpaired) electrons. The normalized spacial score (nSPS) is 17.6. The van der Waals surface area contributed by atoms with Crippen molar-refractivity contribution in [1.82, 2.24) is 5.32 Å². The molecule has 1 atom stereocenters. The van der Waals surface area contributed by atoms with Crippen molar-refractivity contribution < 1.29 is 4.74 Å². The Hall–Kier alpha value is -1.80. The molecule has 0 bridgehead atoms. The average Bonchev–Trinajstić information content (AvgIpc) is 2.46. The maximum atomic E-state index is 5.65. The number of nitrogens with one attached hydrogen (secondary N) is 1. The molecule has 2 aromatic carbocycles. The number of hydrogen-bond donors (Lipinski definition) is 1. The molecule has 1 N–H and O–H groups in total. The monoisotopic (exact) mass is 267 g/mol. The molecule has 1 unspecified atom stereocenters.